The highest BCUT2D eigenvalue weighted by Gasteiger charge is 2.32. The zero-order valence-corrected chi connectivity index (χ0v) is 11.4. The lowest BCUT2D eigenvalue weighted by molar-refractivity contribution is -0.0498. The molecule has 1 aliphatic rings. The van der Waals surface area contributed by atoms with Gasteiger partial charge in [-0.2, -0.15) is 14.0 Å². The minimum Gasteiger partial charge on any atom is -0.435 e. The first-order valence-electron chi connectivity index (χ1n) is 6.73. The minimum absolute atomic E-state index is 0.155. The highest BCUT2D eigenvalue weighted by Crippen LogP contribution is 2.25. The molecule has 0 spiro atoms. The van der Waals surface area contributed by atoms with E-state index in [1.165, 1.54) is 12.1 Å². The van der Waals surface area contributed by atoms with Gasteiger partial charge in [0, 0.05) is 6.04 Å². The van der Waals surface area contributed by atoms with E-state index in [2.05, 4.69) is 16.1 Å². The van der Waals surface area contributed by atoms with E-state index in [9.17, 15) is 14.0 Å². The van der Waals surface area contributed by atoms with Crippen molar-refractivity contribution in [2.75, 3.05) is 0 Å². The fourth-order valence-electron chi connectivity index (χ4n) is 2.07. The molecule has 3 nitrogen and oxygen atoms in total. The van der Waals surface area contributed by atoms with Gasteiger partial charge in [-0.1, -0.05) is 12.1 Å². The first-order chi connectivity index (χ1) is 9.50. The molecule has 0 saturated heterocycles. The van der Waals surface area contributed by atoms with Gasteiger partial charge in [0.05, 0.1) is 6.07 Å². The molecule has 0 radical (unpaired) electrons. The third-order valence-corrected chi connectivity index (χ3v) is 3.41. The summed E-state index contributed by atoms with van der Waals surface area (Å²) < 4.78 is 28.4. The molecule has 1 fully saturated rings. The predicted molar refractivity (Wildman–Crippen MR) is 71.6 cm³/mol. The number of nitrogens with zero attached hydrogens (tertiary/aromatic N) is 1. The van der Waals surface area contributed by atoms with Gasteiger partial charge in [0.1, 0.15) is 11.3 Å². The fourth-order valence-corrected chi connectivity index (χ4v) is 2.07. The van der Waals surface area contributed by atoms with Crippen LogP contribution in [0.15, 0.2) is 24.3 Å². The van der Waals surface area contributed by atoms with Crippen molar-refractivity contribution in [3.8, 4) is 11.8 Å². The highest BCUT2D eigenvalue weighted by molar-refractivity contribution is 5.27. The van der Waals surface area contributed by atoms with E-state index in [1.807, 2.05) is 6.92 Å². The Morgan fingerprint density at radius 3 is 2.55 bits per heavy atom. The summed E-state index contributed by atoms with van der Waals surface area (Å²) in [5.74, 6) is 0.155. The van der Waals surface area contributed by atoms with Crippen LogP contribution in [0.4, 0.5) is 8.78 Å². The summed E-state index contributed by atoms with van der Waals surface area (Å²) in [6.07, 6.45) is 3.68. The van der Waals surface area contributed by atoms with Gasteiger partial charge in [-0.3, -0.25) is 5.32 Å². The maximum absolute atomic E-state index is 12.0. The quantitative estimate of drug-likeness (QED) is 0.834. The Bertz CT molecular complexity index is 480. The molecule has 0 aliphatic heterocycles. The van der Waals surface area contributed by atoms with E-state index in [-0.39, 0.29) is 5.75 Å². The molecule has 1 unspecified atom stereocenters. The van der Waals surface area contributed by atoms with Crippen LogP contribution in [0.3, 0.4) is 0 Å². The largest absolute Gasteiger partial charge is 0.435 e. The van der Waals surface area contributed by atoms with Gasteiger partial charge in [-0.05, 0) is 50.3 Å². The lowest BCUT2D eigenvalue weighted by atomic mass is 9.94. The average molecular weight is 280 g/mol. The Labute approximate surface area is 117 Å². The zero-order chi connectivity index (χ0) is 14.6. The highest BCUT2D eigenvalue weighted by atomic mass is 19.3. The van der Waals surface area contributed by atoms with Crippen molar-refractivity contribution in [1.82, 2.24) is 5.32 Å². The summed E-state index contributed by atoms with van der Waals surface area (Å²) in [6, 6.07) is 9.36. The van der Waals surface area contributed by atoms with Crippen LogP contribution < -0.4 is 10.1 Å². The van der Waals surface area contributed by atoms with Crippen LogP contribution >= 0.6 is 0 Å². The number of alkyl halides is 2. The molecule has 0 heterocycles. The average Bonchev–Trinajstić information content (AvgIpc) is 3.21. The van der Waals surface area contributed by atoms with Crippen molar-refractivity contribution in [3.63, 3.8) is 0 Å². The van der Waals surface area contributed by atoms with Crippen LogP contribution in [-0.4, -0.2) is 18.2 Å². The van der Waals surface area contributed by atoms with Crippen LogP contribution in [0.5, 0.6) is 5.75 Å². The lowest BCUT2D eigenvalue weighted by Gasteiger charge is -2.23. The zero-order valence-electron chi connectivity index (χ0n) is 11.4. The molecule has 5 heteroatoms. The van der Waals surface area contributed by atoms with Crippen molar-refractivity contribution in [2.24, 2.45) is 0 Å². The van der Waals surface area contributed by atoms with E-state index >= 15 is 0 Å². The van der Waals surface area contributed by atoms with E-state index in [1.54, 1.807) is 12.1 Å². The van der Waals surface area contributed by atoms with Crippen molar-refractivity contribution in [2.45, 2.75) is 50.8 Å². The summed E-state index contributed by atoms with van der Waals surface area (Å²) in [6.45, 7) is -0.898. The molecule has 0 aromatic heterocycles. The molecule has 108 valence electrons. The number of hydrogen-bond acceptors (Lipinski definition) is 3. The molecule has 20 heavy (non-hydrogen) atoms. The summed E-state index contributed by atoms with van der Waals surface area (Å²) in [5.41, 5.74) is 0.477. The topological polar surface area (TPSA) is 45.0 Å². The number of ether oxygens (including phenoxy) is 1. The lowest BCUT2D eigenvalue weighted by Crippen LogP contribution is -2.42. The first kappa shape index (κ1) is 14.7. The van der Waals surface area contributed by atoms with Gasteiger partial charge in [0.15, 0.2) is 0 Å². The molecule has 2 rings (SSSR count). The van der Waals surface area contributed by atoms with Crippen LogP contribution in [-0.2, 0) is 6.42 Å². The summed E-state index contributed by atoms with van der Waals surface area (Å²) in [4.78, 5) is 0. The number of benzene rings is 1. The first-order valence-corrected chi connectivity index (χ1v) is 6.73. The van der Waals surface area contributed by atoms with Gasteiger partial charge in [-0.15, -0.1) is 0 Å². The third-order valence-electron chi connectivity index (χ3n) is 3.41. The molecular formula is C15H18F2N2O. The van der Waals surface area contributed by atoms with Crippen molar-refractivity contribution < 1.29 is 13.5 Å². The van der Waals surface area contributed by atoms with E-state index < -0.39 is 12.2 Å². The SMILES string of the molecule is CC(C#N)(CCc1ccc(OC(F)F)cc1)NC1CC1. The molecule has 0 amide bonds. The van der Waals surface area contributed by atoms with E-state index in [0.29, 0.717) is 12.5 Å². The standard InChI is InChI=1S/C15H18F2N2O/c1-15(10-18,19-12-4-5-12)9-8-11-2-6-13(7-3-11)20-14(16)17/h2-3,6-7,12,14,19H,4-5,8-9H2,1H3. The van der Waals surface area contributed by atoms with Crippen molar-refractivity contribution in [1.29, 1.82) is 5.26 Å². The molecule has 1 saturated carbocycles. The van der Waals surface area contributed by atoms with Gasteiger partial charge < -0.3 is 4.74 Å². The minimum atomic E-state index is -2.80. The third kappa shape index (κ3) is 4.46. The second-order valence-corrected chi connectivity index (χ2v) is 5.38. The summed E-state index contributed by atoms with van der Waals surface area (Å²) >= 11 is 0. The van der Waals surface area contributed by atoms with Gasteiger partial charge in [0.2, 0.25) is 0 Å². The summed E-state index contributed by atoms with van der Waals surface area (Å²) in [5, 5.41) is 12.6. The molecule has 1 aliphatic carbocycles. The number of aryl methyl sites for hydroxylation is 1. The molecular weight excluding hydrogens is 262 g/mol. The van der Waals surface area contributed by atoms with Gasteiger partial charge in [-0.25, -0.2) is 0 Å². The normalized spacial score (nSPS) is 17.6. The monoisotopic (exact) mass is 280 g/mol. The second kappa shape index (κ2) is 6.19. The van der Waals surface area contributed by atoms with Crippen LogP contribution in [0.25, 0.3) is 0 Å². The van der Waals surface area contributed by atoms with Crippen LogP contribution in [0.1, 0.15) is 31.7 Å². The number of rotatable bonds is 7. The maximum Gasteiger partial charge on any atom is 0.387 e. The Morgan fingerprint density at radius 2 is 2.05 bits per heavy atom. The predicted octanol–water partition coefficient (Wildman–Crippen LogP) is 3.25. The number of hydrogen-bond donors (Lipinski definition) is 1. The Kier molecular flexibility index (Phi) is 4.56. The number of nitrogens with one attached hydrogen (secondary N) is 1. The van der Waals surface area contributed by atoms with Crippen molar-refractivity contribution in [3.05, 3.63) is 29.8 Å². The molecule has 1 aromatic rings. The fraction of sp³-hybridized carbons (Fsp3) is 0.533. The summed E-state index contributed by atoms with van der Waals surface area (Å²) in [7, 11) is 0. The second-order valence-electron chi connectivity index (χ2n) is 5.38. The van der Waals surface area contributed by atoms with E-state index in [4.69, 9.17) is 0 Å². The molecule has 1 N–H and O–H groups in total. The molecule has 1 aromatic carbocycles. The number of halogens is 2. The van der Waals surface area contributed by atoms with Gasteiger partial charge >= 0.3 is 6.61 Å². The Hall–Kier alpha value is -1.67. The van der Waals surface area contributed by atoms with Crippen LogP contribution in [0, 0.1) is 11.3 Å². The van der Waals surface area contributed by atoms with Crippen molar-refractivity contribution >= 4 is 0 Å². The molecule has 1 atom stereocenters. The van der Waals surface area contributed by atoms with Gasteiger partial charge in [0.25, 0.3) is 0 Å². The maximum atomic E-state index is 12.0. The number of nitriles is 1. The van der Waals surface area contributed by atoms with E-state index in [0.717, 1.165) is 24.8 Å². The Balaban J connectivity index is 1.87. The smallest absolute Gasteiger partial charge is 0.387 e. The van der Waals surface area contributed by atoms with Crippen LogP contribution in [0.2, 0.25) is 0 Å². The Morgan fingerprint density at radius 1 is 1.40 bits per heavy atom. The molecule has 0 bridgehead atoms.